The van der Waals surface area contributed by atoms with Crippen molar-refractivity contribution in [1.82, 2.24) is 9.97 Å². The first-order valence-corrected chi connectivity index (χ1v) is 5.69. The van der Waals surface area contributed by atoms with E-state index in [0.717, 1.165) is 5.56 Å². The lowest BCUT2D eigenvalue weighted by Crippen LogP contribution is -2.28. The largest absolute Gasteiger partial charge is 0.444 e. The van der Waals surface area contributed by atoms with Crippen LogP contribution in [-0.2, 0) is 11.3 Å². The van der Waals surface area contributed by atoms with Gasteiger partial charge in [-0.15, -0.1) is 0 Å². The van der Waals surface area contributed by atoms with Gasteiger partial charge in [0.2, 0.25) is 5.95 Å². The average Bonchev–Trinajstić information content (AvgIpc) is 2.46. The summed E-state index contributed by atoms with van der Waals surface area (Å²) in [5, 5.41) is 0. The highest BCUT2D eigenvalue weighted by molar-refractivity contribution is 5.84. The zero-order valence-electron chi connectivity index (χ0n) is 10.5. The van der Waals surface area contributed by atoms with E-state index in [9.17, 15) is 4.79 Å². The molecule has 1 aromatic carbocycles. The lowest BCUT2D eigenvalue weighted by molar-refractivity contribution is 0.148. The van der Waals surface area contributed by atoms with E-state index in [1.807, 2.05) is 30.3 Å². The summed E-state index contributed by atoms with van der Waals surface area (Å²) in [5.41, 5.74) is 6.84. The number of nitrogens with two attached hydrogens (primary N) is 1. The van der Waals surface area contributed by atoms with E-state index in [1.165, 1.54) is 17.3 Å². The van der Waals surface area contributed by atoms with E-state index < -0.39 is 6.09 Å². The predicted octanol–water partition coefficient (Wildman–Crippen LogP) is 1.83. The van der Waals surface area contributed by atoms with E-state index >= 15 is 0 Å². The van der Waals surface area contributed by atoms with Crippen LogP contribution >= 0.6 is 0 Å². The van der Waals surface area contributed by atoms with Crippen molar-refractivity contribution in [3.8, 4) is 0 Å². The molecule has 0 spiro atoms. The molecule has 0 saturated carbocycles. The molecule has 0 aliphatic carbocycles. The first-order valence-electron chi connectivity index (χ1n) is 5.69. The molecule has 6 heteroatoms. The molecule has 2 rings (SSSR count). The van der Waals surface area contributed by atoms with Crippen molar-refractivity contribution >= 4 is 17.7 Å². The molecule has 98 valence electrons. The third-order valence-corrected chi connectivity index (χ3v) is 2.44. The Balaban J connectivity index is 1.94. The Bertz CT molecular complexity index is 542. The minimum Gasteiger partial charge on any atom is -0.444 e. The molecule has 1 amide bonds. The maximum absolute atomic E-state index is 11.8. The molecule has 0 radical (unpaired) electrons. The van der Waals surface area contributed by atoms with Gasteiger partial charge in [0, 0.05) is 7.05 Å². The number of anilines is 2. The Morgan fingerprint density at radius 3 is 2.53 bits per heavy atom. The number of aromatic nitrogens is 2. The van der Waals surface area contributed by atoms with Crippen LogP contribution in [0.2, 0.25) is 0 Å². The summed E-state index contributed by atoms with van der Waals surface area (Å²) >= 11 is 0. The number of nitrogen functional groups attached to an aromatic ring is 1. The Labute approximate surface area is 110 Å². The lowest BCUT2D eigenvalue weighted by atomic mass is 10.2. The molecule has 0 saturated heterocycles. The fourth-order valence-corrected chi connectivity index (χ4v) is 1.40. The zero-order valence-corrected chi connectivity index (χ0v) is 10.5. The number of nitrogens with zero attached hydrogens (tertiary/aromatic N) is 3. The van der Waals surface area contributed by atoms with Crippen LogP contribution in [-0.4, -0.2) is 23.1 Å². The lowest BCUT2D eigenvalue weighted by Gasteiger charge is -2.14. The number of hydrogen-bond acceptors (Lipinski definition) is 5. The minimum atomic E-state index is -0.520. The van der Waals surface area contributed by atoms with Crippen molar-refractivity contribution in [2.24, 2.45) is 0 Å². The number of ether oxygens (including phenoxy) is 1. The summed E-state index contributed by atoms with van der Waals surface area (Å²) in [5.74, 6) is 0.243. The quantitative estimate of drug-likeness (QED) is 0.908. The van der Waals surface area contributed by atoms with E-state index in [4.69, 9.17) is 10.5 Å². The van der Waals surface area contributed by atoms with Crippen LogP contribution in [0.4, 0.5) is 16.4 Å². The average molecular weight is 258 g/mol. The first-order chi connectivity index (χ1) is 9.16. The van der Waals surface area contributed by atoms with Crippen molar-refractivity contribution in [2.75, 3.05) is 17.7 Å². The molecule has 0 atom stereocenters. The Morgan fingerprint density at radius 2 is 1.89 bits per heavy atom. The smallest absolute Gasteiger partial charge is 0.416 e. The number of benzene rings is 1. The normalized spacial score (nSPS) is 9.95. The summed E-state index contributed by atoms with van der Waals surface area (Å²) < 4.78 is 5.15. The zero-order chi connectivity index (χ0) is 13.7. The van der Waals surface area contributed by atoms with Gasteiger partial charge in [0.15, 0.2) is 0 Å². The Kier molecular flexibility index (Phi) is 3.92. The van der Waals surface area contributed by atoms with Gasteiger partial charge in [0.1, 0.15) is 6.61 Å². The van der Waals surface area contributed by atoms with Gasteiger partial charge in [-0.1, -0.05) is 30.3 Å². The number of rotatable bonds is 3. The van der Waals surface area contributed by atoms with Crippen LogP contribution < -0.4 is 10.6 Å². The third-order valence-electron chi connectivity index (χ3n) is 2.44. The van der Waals surface area contributed by atoms with Crippen molar-refractivity contribution in [2.45, 2.75) is 6.61 Å². The number of carbonyl (C=O) groups is 1. The van der Waals surface area contributed by atoms with Gasteiger partial charge in [0.25, 0.3) is 0 Å². The van der Waals surface area contributed by atoms with E-state index in [1.54, 1.807) is 7.05 Å². The molecule has 0 aliphatic heterocycles. The molecule has 19 heavy (non-hydrogen) atoms. The predicted molar refractivity (Wildman–Crippen MR) is 71.5 cm³/mol. The molecule has 0 fully saturated rings. The van der Waals surface area contributed by atoms with Crippen LogP contribution in [0.5, 0.6) is 0 Å². The molecular weight excluding hydrogens is 244 g/mol. The summed E-state index contributed by atoms with van der Waals surface area (Å²) in [4.78, 5) is 20.9. The van der Waals surface area contributed by atoms with Crippen LogP contribution in [0.1, 0.15) is 5.56 Å². The molecule has 0 unspecified atom stereocenters. The molecular formula is C13H14N4O2. The third kappa shape index (κ3) is 3.41. The second-order valence-corrected chi connectivity index (χ2v) is 3.92. The first kappa shape index (κ1) is 12.8. The summed E-state index contributed by atoms with van der Waals surface area (Å²) in [6.45, 7) is 0.207. The van der Waals surface area contributed by atoms with Gasteiger partial charge in [-0.3, -0.25) is 0 Å². The van der Waals surface area contributed by atoms with Gasteiger partial charge >= 0.3 is 6.09 Å². The highest BCUT2D eigenvalue weighted by Crippen LogP contribution is 2.08. The Hall–Kier alpha value is -2.63. The van der Waals surface area contributed by atoms with Crippen molar-refractivity contribution in [1.29, 1.82) is 0 Å². The van der Waals surface area contributed by atoms with Gasteiger partial charge in [-0.25, -0.2) is 19.7 Å². The highest BCUT2D eigenvalue weighted by Gasteiger charge is 2.14. The van der Waals surface area contributed by atoms with Crippen molar-refractivity contribution in [3.05, 3.63) is 48.3 Å². The van der Waals surface area contributed by atoms with E-state index in [0.29, 0.717) is 5.69 Å². The van der Waals surface area contributed by atoms with Crippen LogP contribution in [0.15, 0.2) is 42.7 Å². The summed E-state index contributed by atoms with van der Waals surface area (Å²) in [6.07, 6.45) is 2.35. The molecule has 2 N–H and O–H groups in total. The van der Waals surface area contributed by atoms with E-state index in [2.05, 4.69) is 9.97 Å². The second-order valence-electron chi connectivity index (χ2n) is 3.92. The van der Waals surface area contributed by atoms with Crippen LogP contribution in [0.3, 0.4) is 0 Å². The van der Waals surface area contributed by atoms with Gasteiger partial charge in [-0.05, 0) is 5.56 Å². The molecule has 1 aromatic heterocycles. The van der Waals surface area contributed by atoms with E-state index in [-0.39, 0.29) is 12.6 Å². The number of amides is 1. The second kappa shape index (κ2) is 5.81. The minimum absolute atomic E-state index is 0.207. The SMILES string of the molecule is CN(C(=O)OCc1ccccc1)c1ncc(N)cn1. The highest BCUT2D eigenvalue weighted by atomic mass is 16.6. The van der Waals surface area contributed by atoms with Gasteiger partial charge < -0.3 is 10.5 Å². The van der Waals surface area contributed by atoms with Crippen LogP contribution in [0, 0.1) is 0 Å². The summed E-state index contributed by atoms with van der Waals surface area (Å²) in [6, 6.07) is 9.44. The number of carbonyl (C=O) groups excluding carboxylic acids is 1. The summed E-state index contributed by atoms with van der Waals surface area (Å²) in [7, 11) is 1.54. The maximum atomic E-state index is 11.8. The molecule has 2 aromatic rings. The van der Waals surface area contributed by atoms with Gasteiger partial charge in [0.05, 0.1) is 18.1 Å². The van der Waals surface area contributed by atoms with Crippen LogP contribution in [0.25, 0.3) is 0 Å². The molecule has 6 nitrogen and oxygen atoms in total. The Morgan fingerprint density at radius 1 is 1.26 bits per heavy atom. The van der Waals surface area contributed by atoms with Gasteiger partial charge in [-0.2, -0.15) is 0 Å². The fourth-order valence-electron chi connectivity index (χ4n) is 1.40. The number of hydrogen-bond donors (Lipinski definition) is 1. The monoisotopic (exact) mass is 258 g/mol. The fraction of sp³-hybridized carbons (Fsp3) is 0.154. The topological polar surface area (TPSA) is 81.3 Å². The van der Waals surface area contributed by atoms with Crippen molar-refractivity contribution < 1.29 is 9.53 Å². The van der Waals surface area contributed by atoms with Crippen molar-refractivity contribution in [3.63, 3.8) is 0 Å². The standard InChI is InChI=1S/C13H14N4O2/c1-17(12-15-7-11(14)8-16-12)13(18)19-9-10-5-3-2-4-6-10/h2-8H,9,14H2,1H3. The maximum Gasteiger partial charge on any atom is 0.416 e. The molecule has 0 bridgehead atoms. The molecule has 0 aliphatic rings. The molecule has 1 heterocycles.